The van der Waals surface area contributed by atoms with Gasteiger partial charge in [-0.1, -0.05) is 13.8 Å². The van der Waals surface area contributed by atoms with Gasteiger partial charge in [0, 0.05) is 19.5 Å². The zero-order valence-electron chi connectivity index (χ0n) is 12.9. The SMILES string of the molecule is CC(OC(=O)N1CCC(CC#N)(C(C)C)CC1)C1CC1. The van der Waals surface area contributed by atoms with Crippen LogP contribution in [-0.4, -0.2) is 30.2 Å². The molecule has 0 bridgehead atoms. The van der Waals surface area contributed by atoms with Gasteiger partial charge in [-0.2, -0.15) is 5.26 Å². The Morgan fingerprint density at radius 1 is 1.35 bits per heavy atom. The maximum Gasteiger partial charge on any atom is 0.410 e. The first-order chi connectivity index (χ1) is 9.48. The molecule has 112 valence electrons. The molecule has 4 nitrogen and oxygen atoms in total. The number of carbonyl (C=O) groups is 1. The first-order valence-electron chi connectivity index (χ1n) is 7.81. The Labute approximate surface area is 122 Å². The Morgan fingerprint density at radius 2 is 1.95 bits per heavy atom. The minimum absolute atomic E-state index is 0.0541. The lowest BCUT2D eigenvalue weighted by Gasteiger charge is -2.43. The molecule has 0 aromatic rings. The summed E-state index contributed by atoms with van der Waals surface area (Å²) in [6.45, 7) is 7.79. The molecule has 1 saturated carbocycles. The zero-order chi connectivity index (χ0) is 14.8. The monoisotopic (exact) mass is 278 g/mol. The highest BCUT2D eigenvalue weighted by atomic mass is 16.6. The molecular weight excluding hydrogens is 252 g/mol. The smallest absolute Gasteiger partial charge is 0.410 e. The van der Waals surface area contributed by atoms with E-state index >= 15 is 0 Å². The third-order valence-electron chi connectivity index (χ3n) is 5.25. The van der Waals surface area contributed by atoms with Gasteiger partial charge in [-0.3, -0.25) is 0 Å². The molecule has 1 aliphatic carbocycles. The lowest BCUT2D eigenvalue weighted by molar-refractivity contribution is 0.0267. The van der Waals surface area contributed by atoms with Crippen molar-refractivity contribution in [2.24, 2.45) is 17.3 Å². The topological polar surface area (TPSA) is 53.3 Å². The van der Waals surface area contributed by atoms with Crippen molar-refractivity contribution in [3.63, 3.8) is 0 Å². The standard InChI is InChI=1S/C16H26N2O2/c1-12(2)16(6-9-17)7-10-18(11-8-16)15(19)20-13(3)14-4-5-14/h12-14H,4-8,10-11H2,1-3H3. The Hall–Kier alpha value is -1.24. The summed E-state index contributed by atoms with van der Waals surface area (Å²) in [5.74, 6) is 1.06. The van der Waals surface area contributed by atoms with Gasteiger partial charge in [0.05, 0.1) is 6.07 Å². The third-order valence-corrected chi connectivity index (χ3v) is 5.25. The molecule has 2 aliphatic rings. The van der Waals surface area contributed by atoms with E-state index in [0.717, 1.165) is 25.9 Å². The molecule has 4 heteroatoms. The minimum Gasteiger partial charge on any atom is -0.446 e. The van der Waals surface area contributed by atoms with Crippen molar-refractivity contribution in [1.82, 2.24) is 4.90 Å². The van der Waals surface area contributed by atoms with Crippen molar-refractivity contribution in [2.45, 2.75) is 59.0 Å². The molecule has 0 spiro atoms. The van der Waals surface area contributed by atoms with Crippen LogP contribution in [0.25, 0.3) is 0 Å². The van der Waals surface area contributed by atoms with Crippen molar-refractivity contribution >= 4 is 6.09 Å². The molecular formula is C16H26N2O2. The van der Waals surface area contributed by atoms with Crippen molar-refractivity contribution in [2.75, 3.05) is 13.1 Å². The van der Waals surface area contributed by atoms with Crippen molar-refractivity contribution in [3.05, 3.63) is 0 Å². The predicted octanol–water partition coefficient (Wildman–Crippen LogP) is 3.57. The molecule has 2 rings (SSSR count). The quantitative estimate of drug-likeness (QED) is 0.790. The summed E-state index contributed by atoms with van der Waals surface area (Å²) in [6.07, 6.45) is 4.67. The minimum atomic E-state index is -0.168. The Balaban J connectivity index is 1.86. The second kappa shape index (κ2) is 6.03. The van der Waals surface area contributed by atoms with Crippen molar-refractivity contribution < 1.29 is 9.53 Å². The Bertz CT molecular complexity index is 388. The molecule has 1 heterocycles. The number of amides is 1. The number of nitrogens with zero attached hydrogens (tertiary/aromatic N) is 2. The van der Waals surface area contributed by atoms with Gasteiger partial charge in [-0.25, -0.2) is 4.79 Å². The van der Waals surface area contributed by atoms with Gasteiger partial charge >= 0.3 is 6.09 Å². The molecule has 1 atom stereocenters. The molecule has 1 unspecified atom stereocenters. The van der Waals surface area contributed by atoms with E-state index in [-0.39, 0.29) is 17.6 Å². The van der Waals surface area contributed by atoms with Crippen LogP contribution in [0.3, 0.4) is 0 Å². The lowest BCUT2D eigenvalue weighted by Crippen LogP contribution is -2.46. The van der Waals surface area contributed by atoms with E-state index < -0.39 is 0 Å². The summed E-state index contributed by atoms with van der Waals surface area (Å²) in [5.41, 5.74) is 0.0770. The van der Waals surface area contributed by atoms with Crippen LogP contribution in [0.4, 0.5) is 4.79 Å². The number of likely N-dealkylation sites (tertiary alicyclic amines) is 1. The highest BCUT2D eigenvalue weighted by molar-refractivity contribution is 5.68. The number of nitriles is 1. The molecule has 0 N–H and O–H groups in total. The molecule has 1 aliphatic heterocycles. The van der Waals surface area contributed by atoms with Gasteiger partial charge < -0.3 is 9.64 Å². The van der Waals surface area contributed by atoms with Crippen LogP contribution in [0.15, 0.2) is 0 Å². The van der Waals surface area contributed by atoms with E-state index in [2.05, 4.69) is 19.9 Å². The van der Waals surface area contributed by atoms with Gasteiger partial charge in [0.15, 0.2) is 0 Å². The first kappa shape index (κ1) is 15.2. The van der Waals surface area contributed by atoms with Crippen LogP contribution in [0.1, 0.15) is 52.9 Å². The van der Waals surface area contributed by atoms with Gasteiger partial charge in [0.25, 0.3) is 0 Å². The number of carbonyl (C=O) groups excluding carboxylic acids is 1. The Kier molecular flexibility index (Phi) is 4.57. The maximum atomic E-state index is 12.1. The van der Waals surface area contributed by atoms with Gasteiger partial charge in [0.2, 0.25) is 0 Å². The number of ether oxygens (including phenoxy) is 1. The summed E-state index contributed by atoms with van der Waals surface area (Å²) < 4.78 is 5.52. The molecule has 0 aromatic carbocycles. The number of rotatable bonds is 4. The zero-order valence-corrected chi connectivity index (χ0v) is 12.9. The van der Waals surface area contributed by atoms with Crippen LogP contribution in [0.5, 0.6) is 0 Å². The average Bonchev–Trinajstić information content (AvgIpc) is 3.23. The molecule has 0 radical (unpaired) electrons. The van der Waals surface area contributed by atoms with E-state index in [1.807, 2.05) is 11.8 Å². The molecule has 20 heavy (non-hydrogen) atoms. The highest BCUT2D eigenvalue weighted by Crippen LogP contribution is 2.42. The average molecular weight is 278 g/mol. The fourth-order valence-corrected chi connectivity index (χ4v) is 3.15. The molecule has 2 fully saturated rings. The fraction of sp³-hybridized carbons (Fsp3) is 0.875. The van der Waals surface area contributed by atoms with Crippen LogP contribution >= 0.6 is 0 Å². The fourth-order valence-electron chi connectivity index (χ4n) is 3.15. The summed E-state index contributed by atoms with van der Waals surface area (Å²) in [6, 6.07) is 2.32. The predicted molar refractivity (Wildman–Crippen MR) is 77.0 cm³/mol. The van der Waals surface area contributed by atoms with E-state index in [1.165, 1.54) is 12.8 Å². The number of hydrogen-bond donors (Lipinski definition) is 0. The largest absolute Gasteiger partial charge is 0.446 e. The summed E-state index contributed by atoms with van der Waals surface area (Å²) in [4.78, 5) is 13.9. The first-order valence-corrected chi connectivity index (χ1v) is 7.81. The second-order valence-electron chi connectivity index (χ2n) is 6.77. The van der Waals surface area contributed by atoms with E-state index in [1.54, 1.807) is 0 Å². The van der Waals surface area contributed by atoms with Crippen LogP contribution in [0, 0.1) is 28.6 Å². The van der Waals surface area contributed by atoms with Crippen molar-refractivity contribution in [1.29, 1.82) is 5.26 Å². The van der Waals surface area contributed by atoms with Crippen molar-refractivity contribution in [3.8, 4) is 6.07 Å². The molecule has 0 aromatic heterocycles. The van der Waals surface area contributed by atoms with E-state index in [4.69, 9.17) is 10.00 Å². The van der Waals surface area contributed by atoms with Gasteiger partial charge in [0.1, 0.15) is 6.10 Å². The highest BCUT2D eigenvalue weighted by Gasteiger charge is 2.39. The van der Waals surface area contributed by atoms with Crippen LogP contribution < -0.4 is 0 Å². The second-order valence-corrected chi connectivity index (χ2v) is 6.77. The van der Waals surface area contributed by atoms with Crippen LogP contribution in [-0.2, 0) is 4.74 Å². The number of piperidine rings is 1. The lowest BCUT2D eigenvalue weighted by atomic mass is 9.68. The summed E-state index contributed by atoms with van der Waals surface area (Å²) >= 11 is 0. The number of hydrogen-bond acceptors (Lipinski definition) is 3. The summed E-state index contributed by atoms with van der Waals surface area (Å²) in [7, 11) is 0. The van der Waals surface area contributed by atoms with Crippen LogP contribution in [0.2, 0.25) is 0 Å². The van der Waals surface area contributed by atoms with E-state index in [0.29, 0.717) is 18.3 Å². The van der Waals surface area contributed by atoms with Gasteiger partial charge in [-0.05, 0) is 49.9 Å². The Morgan fingerprint density at radius 3 is 2.40 bits per heavy atom. The van der Waals surface area contributed by atoms with E-state index in [9.17, 15) is 4.79 Å². The maximum absolute atomic E-state index is 12.1. The molecule has 1 saturated heterocycles. The van der Waals surface area contributed by atoms with Gasteiger partial charge in [-0.15, -0.1) is 0 Å². The normalized spacial score (nSPS) is 23.2. The molecule has 1 amide bonds. The summed E-state index contributed by atoms with van der Waals surface area (Å²) in [5, 5.41) is 9.04. The third kappa shape index (κ3) is 3.26.